The highest BCUT2D eigenvalue weighted by atomic mass is 16.5. The highest BCUT2D eigenvalue weighted by molar-refractivity contribution is 5.17. The van der Waals surface area contributed by atoms with Crippen LogP contribution in [-0.2, 0) is 17.9 Å². The molecule has 1 atom stereocenters. The van der Waals surface area contributed by atoms with Crippen LogP contribution in [0.3, 0.4) is 0 Å². The topological polar surface area (TPSA) is 12.5 Å². The summed E-state index contributed by atoms with van der Waals surface area (Å²) in [6, 6.07) is 21.4. The molecule has 0 aromatic heterocycles. The first-order chi connectivity index (χ1) is 11.3. The predicted molar refractivity (Wildman–Crippen MR) is 93.1 cm³/mol. The van der Waals surface area contributed by atoms with E-state index in [2.05, 4.69) is 65.6 Å². The third-order valence-corrected chi connectivity index (χ3v) is 5.37. The van der Waals surface area contributed by atoms with Gasteiger partial charge in [-0.3, -0.25) is 4.90 Å². The van der Waals surface area contributed by atoms with E-state index in [1.54, 1.807) is 0 Å². The van der Waals surface area contributed by atoms with Crippen molar-refractivity contribution < 1.29 is 4.74 Å². The number of likely N-dealkylation sites (tertiary alicyclic amines) is 1. The van der Waals surface area contributed by atoms with Crippen LogP contribution >= 0.6 is 0 Å². The molecule has 1 saturated carbocycles. The Bertz CT molecular complexity index is 621. The zero-order chi connectivity index (χ0) is 15.5. The fraction of sp³-hybridized carbons (Fsp3) is 0.429. The number of rotatable bonds is 5. The monoisotopic (exact) mass is 307 g/mol. The molecular weight excluding hydrogens is 282 g/mol. The van der Waals surface area contributed by atoms with Gasteiger partial charge in [-0.2, -0.15) is 0 Å². The Hall–Kier alpha value is -1.64. The maximum Gasteiger partial charge on any atom is 0.0720 e. The van der Waals surface area contributed by atoms with Crippen LogP contribution in [0.1, 0.15) is 36.8 Å². The Kier molecular flexibility index (Phi) is 4.19. The van der Waals surface area contributed by atoms with Gasteiger partial charge in [-0.25, -0.2) is 0 Å². The fourth-order valence-electron chi connectivity index (χ4n) is 3.84. The van der Waals surface area contributed by atoms with E-state index in [0.717, 1.165) is 26.1 Å². The second kappa shape index (κ2) is 6.46. The molecule has 0 amide bonds. The van der Waals surface area contributed by atoms with Crippen LogP contribution in [0.4, 0.5) is 0 Å². The third kappa shape index (κ3) is 3.49. The molecule has 2 aromatic carbocycles. The van der Waals surface area contributed by atoms with Crippen LogP contribution in [0.25, 0.3) is 0 Å². The third-order valence-electron chi connectivity index (χ3n) is 5.37. The Labute approximate surface area is 139 Å². The molecule has 1 heterocycles. The number of hydrogen-bond acceptors (Lipinski definition) is 2. The van der Waals surface area contributed by atoms with Crippen LogP contribution in [0.5, 0.6) is 0 Å². The SMILES string of the molecule is c1ccc(COC2CCN(Cc3ccccc3)C3(CC3)C2)cc1. The van der Waals surface area contributed by atoms with Crippen molar-refractivity contribution in [2.24, 2.45) is 0 Å². The summed E-state index contributed by atoms with van der Waals surface area (Å²) in [5.74, 6) is 0. The minimum Gasteiger partial charge on any atom is -0.373 e. The highest BCUT2D eigenvalue weighted by Gasteiger charge is 2.51. The average Bonchev–Trinajstić information content (AvgIpc) is 3.37. The molecule has 2 aromatic rings. The van der Waals surface area contributed by atoms with E-state index in [0.29, 0.717) is 11.6 Å². The summed E-state index contributed by atoms with van der Waals surface area (Å²) in [6.45, 7) is 3.00. The number of nitrogens with zero attached hydrogens (tertiary/aromatic N) is 1. The van der Waals surface area contributed by atoms with Crippen molar-refractivity contribution in [3.63, 3.8) is 0 Å². The van der Waals surface area contributed by atoms with Gasteiger partial charge in [-0.1, -0.05) is 60.7 Å². The molecular formula is C21H25NO. The van der Waals surface area contributed by atoms with Gasteiger partial charge in [-0.05, 0) is 36.8 Å². The van der Waals surface area contributed by atoms with E-state index in [1.165, 1.54) is 30.4 Å². The summed E-state index contributed by atoms with van der Waals surface area (Å²) in [4.78, 5) is 2.70. The molecule has 2 nitrogen and oxygen atoms in total. The first-order valence-corrected chi connectivity index (χ1v) is 8.79. The Morgan fingerprint density at radius 3 is 2.22 bits per heavy atom. The molecule has 4 rings (SSSR count). The van der Waals surface area contributed by atoms with Gasteiger partial charge in [-0.15, -0.1) is 0 Å². The van der Waals surface area contributed by atoms with Crippen molar-refractivity contribution >= 4 is 0 Å². The lowest BCUT2D eigenvalue weighted by molar-refractivity contribution is -0.0339. The molecule has 1 spiro atoms. The van der Waals surface area contributed by atoms with Gasteiger partial charge in [0.05, 0.1) is 12.7 Å². The maximum atomic E-state index is 6.22. The minimum atomic E-state index is 0.421. The highest BCUT2D eigenvalue weighted by Crippen LogP contribution is 2.49. The number of piperidine rings is 1. The van der Waals surface area contributed by atoms with Crippen LogP contribution in [0.15, 0.2) is 60.7 Å². The molecule has 1 aliphatic heterocycles. The van der Waals surface area contributed by atoms with E-state index >= 15 is 0 Å². The molecule has 0 bridgehead atoms. The summed E-state index contributed by atoms with van der Waals surface area (Å²) in [6.07, 6.45) is 5.45. The van der Waals surface area contributed by atoms with Gasteiger partial charge in [0.1, 0.15) is 0 Å². The van der Waals surface area contributed by atoms with Crippen LogP contribution in [0.2, 0.25) is 0 Å². The molecule has 0 N–H and O–H groups in total. The van der Waals surface area contributed by atoms with Crippen LogP contribution < -0.4 is 0 Å². The van der Waals surface area contributed by atoms with Gasteiger partial charge in [0.2, 0.25) is 0 Å². The van der Waals surface area contributed by atoms with Crippen molar-refractivity contribution in [2.45, 2.75) is 50.5 Å². The maximum absolute atomic E-state index is 6.22. The summed E-state index contributed by atoms with van der Waals surface area (Å²) >= 11 is 0. The minimum absolute atomic E-state index is 0.421. The van der Waals surface area contributed by atoms with Gasteiger partial charge >= 0.3 is 0 Å². The summed E-state index contributed by atoms with van der Waals surface area (Å²) in [5.41, 5.74) is 3.14. The van der Waals surface area contributed by atoms with E-state index < -0.39 is 0 Å². The smallest absolute Gasteiger partial charge is 0.0720 e. The van der Waals surface area contributed by atoms with E-state index in [1.807, 2.05) is 0 Å². The Morgan fingerprint density at radius 2 is 1.57 bits per heavy atom. The lowest BCUT2D eigenvalue weighted by Gasteiger charge is -2.40. The van der Waals surface area contributed by atoms with Gasteiger partial charge in [0.15, 0.2) is 0 Å². The fourth-order valence-corrected chi connectivity index (χ4v) is 3.84. The van der Waals surface area contributed by atoms with Crippen molar-refractivity contribution in [1.29, 1.82) is 0 Å². The van der Waals surface area contributed by atoms with Crippen molar-refractivity contribution in [3.8, 4) is 0 Å². The molecule has 0 radical (unpaired) electrons. The lowest BCUT2D eigenvalue weighted by atomic mass is 9.96. The molecule has 1 saturated heterocycles. The van der Waals surface area contributed by atoms with E-state index in [9.17, 15) is 0 Å². The molecule has 2 aliphatic rings. The predicted octanol–water partition coefficient (Wildman–Crippen LogP) is 4.40. The van der Waals surface area contributed by atoms with Crippen LogP contribution in [-0.4, -0.2) is 23.1 Å². The summed E-state index contributed by atoms with van der Waals surface area (Å²) < 4.78 is 6.22. The standard InChI is InChI=1S/C21H25NO/c1-3-7-18(8-4-1)16-22-14-11-20(15-21(22)12-13-21)23-17-19-9-5-2-6-10-19/h1-10,20H,11-17H2. The molecule has 120 valence electrons. The summed E-state index contributed by atoms with van der Waals surface area (Å²) in [5, 5.41) is 0. The van der Waals surface area contributed by atoms with Crippen molar-refractivity contribution in [1.82, 2.24) is 4.90 Å². The zero-order valence-electron chi connectivity index (χ0n) is 13.7. The van der Waals surface area contributed by atoms with Crippen molar-refractivity contribution in [2.75, 3.05) is 6.54 Å². The number of hydrogen-bond donors (Lipinski definition) is 0. The lowest BCUT2D eigenvalue weighted by Crippen LogP contribution is -2.46. The average molecular weight is 307 g/mol. The number of benzene rings is 2. The quantitative estimate of drug-likeness (QED) is 0.812. The molecule has 1 aliphatic carbocycles. The first kappa shape index (κ1) is 14.9. The van der Waals surface area contributed by atoms with Crippen LogP contribution in [0, 0.1) is 0 Å². The Balaban J connectivity index is 1.34. The second-order valence-corrected chi connectivity index (χ2v) is 7.04. The molecule has 2 fully saturated rings. The summed E-state index contributed by atoms with van der Waals surface area (Å²) in [7, 11) is 0. The molecule has 23 heavy (non-hydrogen) atoms. The van der Waals surface area contributed by atoms with Gasteiger partial charge < -0.3 is 4.74 Å². The second-order valence-electron chi connectivity index (χ2n) is 7.04. The first-order valence-electron chi connectivity index (χ1n) is 8.79. The zero-order valence-corrected chi connectivity index (χ0v) is 13.7. The number of ether oxygens (including phenoxy) is 1. The van der Waals surface area contributed by atoms with Gasteiger partial charge in [0.25, 0.3) is 0 Å². The Morgan fingerprint density at radius 1 is 0.913 bits per heavy atom. The van der Waals surface area contributed by atoms with Gasteiger partial charge in [0, 0.05) is 18.6 Å². The molecule has 2 heteroatoms. The van der Waals surface area contributed by atoms with E-state index in [4.69, 9.17) is 4.74 Å². The largest absolute Gasteiger partial charge is 0.373 e. The normalized spacial score (nSPS) is 23.0. The van der Waals surface area contributed by atoms with E-state index in [-0.39, 0.29) is 0 Å². The molecule has 1 unspecified atom stereocenters. The van der Waals surface area contributed by atoms with Crippen molar-refractivity contribution in [3.05, 3.63) is 71.8 Å².